The van der Waals surface area contributed by atoms with Crippen molar-refractivity contribution in [2.75, 3.05) is 13.1 Å². The maximum atomic E-state index is 13.9. The summed E-state index contributed by atoms with van der Waals surface area (Å²) in [6, 6.07) is 7.84. The van der Waals surface area contributed by atoms with Crippen molar-refractivity contribution in [3.8, 4) is 0 Å². The van der Waals surface area contributed by atoms with Crippen LogP contribution in [0.5, 0.6) is 0 Å². The van der Waals surface area contributed by atoms with Crippen LogP contribution in [0.4, 0.5) is 5.69 Å². The second-order valence-corrected chi connectivity index (χ2v) is 12.9. The van der Waals surface area contributed by atoms with E-state index in [9.17, 15) is 34.1 Å². The molecule has 5 amide bonds. The predicted molar refractivity (Wildman–Crippen MR) is 202 cm³/mol. The maximum absolute atomic E-state index is 13.9. The normalized spacial score (nSPS) is 12.9. The van der Waals surface area contributed by atoms with Crippen molar-refractivity contribution in [3.63, 3.8) is 0 Å². The number of nitrogens with two attached hydrogens (primary N) is 5. The molecule has 0 aliphatic carbocycles. The molecule has 282 valence electrons. The standard InChI is InChI=1S/C32H45IN12O7/c1-18(46)41-23(4-2-14-39-31(35)36)28(48)44-26(17-19-6-10-21(33)11-7-19)30(50)42-24(5-3-15-40-32(37)38)29(49)43-25(27(34)47)16-20-8-12-22(13-9-20)45(51)52/h6-13,23-26H,2-5,14-17H2,1H3,(H2,34,47)(H,41,46)(H,42,50)(H,43,49)(H,44,48)(H4,35,36,39)(H4,37,38,40)/t23-,24-,25+,26+/m0/s1. The molecule has 52 heavy (non-hydrogen) atoms. The van der Waals surface area contributed by atoms with Gasteiger partial charge in [0.05, 0.1) is 4.92 Å². The van der Waals surface area contributed by atoms with Gasteiger partial charge in [0.25, 0.3) is 5.69 Å². The number of guanidine groups is 2. The van der Waals surface area contributed by atoms with E-state index in [2.05, 4.69) is 53.8 Å². The first-order valence-corrected chi connectivity index (χ1v) is 17.2. The highest BCUT2D eigenvalue weighted by molar-refractivity contribution is 14.1. The van der Waals surface area contributed by atoms with Gasteiger partial charge in [-0.25, -0.2) is 0 Å². The third kappa shape index (κ3) is 16.0. The van der Waals surface area contributed by atoms with Crippen molar-refractivity contribution in [2.45, 2.75) is 69.6 Å². The molecule has 0 bridgehead atoms. The number of benzene rings is 2. The highest BCUT2D eigenvalue weighted by Gasteiger charge is 2.31. The Labute approximate surface area is 313 Å². The third-order valence-electron chi connectivity index (χ3n) is 7.45. The summed E-state index contributed by atoms with van der Waals surface area (Å²) in [5.74, 6) is -3.81. The number of non-ortho nitro benzene ring substituents is 1. The molecule has 0 fully saturated rings. The summed E-state index contributed by atoms with van der Waals surface area (Å²) in [7, 11) is 0. The molecule has 0 aromatic heterocycles. The van der Waals surface area contributed by atoms with Gasteiger partial charge in [0, 0.05) is 48.6 Å². The zero-order valence-corrected chi connectivity index (χ0v) is 30.7. The van der Waals surface area contributed by atoms with Crippen molar-refractivity contribution in [1.82, 2.24) is 21.3 Å². The number of nitro groups is 1. The molecular formula is C32H45IN12O7. The van der Waals surface area contributed by atoms with E-state index in [1.165, 1.54) is 31.2 Å². The summed E-state index contributed by atoms with van der Waals surface area (Å²) >= 11 is 2.13. The van der Waals surface area contributed by atoms with E-state index in [4.69, 9.17) is 28.7 Å². The Hall–Kier alpha value is -5.54. The van der Waals surface area contributed by atoms with Crippen LogP contribution >= 0.6 is 22.6 Å². The van der Waals surface area contributed by atoms with Gasteiger partial charge in [-0.3, -0.25) is 44.1 Å². The fraction of sp³-hybridized carbons (Fsp3) is 0.406. The van der Waals surface area contributed by atoms with Gasteiger partial charge in [-0.15, -0.1) is 0 Å². The lowest BCUT2D eigenvalue weighted by molar-refractivity contribution is -0.384. The number of primary amides is 1. The van der Waals surface area contributed by atoms with Gasteiger partial charge in [0.2, 0.25) is 29.5 Å². The largest absolute Gasteiger partial charge is 0.370 e. The van der Waals surface area contributed by atoms with Crippen molar-refractivity contribution >= 4 is 69.7 Å². The number of halogens is 1. The van der Waals surface area contributed by atoms with Crippen molar-refractivity contribution in [2.24, 2.45) is 38.7 Å². The Balaban J connectivity index is 2.36. The molecule has 2 aromatic carbocycles. The van der Waals surface area contributed by atoms with Gasteiger partial charge in [0.1, 0.15) is 24.2 Å². The monoisotopic (exact) mass is 836 g/mol. The number of nitro benzene ring substituents is 1. The molecule has 2 aromatic rings. The maximum Gasteiger partial charge on any atom is 0.269 e. The summed E-state index contributed by atoms with van der Waals surface area (Å²) in [5, 5.41) is 21.6. The average molecular weight is 837 g/mol. The zero-order chi connectivity index (χ0) is 38.8. The molecule has 0 saturated carbocycles. The highest BCUT2D eigenvalue weighted by Crippen LogP contribution is 2.14. The lowest BCUT2D eigenvalue weighted by Crippen LogP contribution is -2.58. The van der Waals surface area contributed by atoms with Gasteiger partial charge in [0.15, 0.2) is 11.9 Å². The quantitative estimate of drug-likeness (QED) is 0.0175. The van der Waals surface area contributed by atoms with Crippen LogP contribution in [-0.4, -0.2) is 83.6 Å². The number of hydrogen-bond acceptors (Lipinski definition) is 9. The number of nitrogens with zero attached hydrogens (tertiary/aromatic N) is 3. The molecule has 2 rings (SSSR count). The number of carbonyl (C=O) groups is 5. The molecule has 0 unspecified atom stereocenters. The predicted octanol–water partition coefficient (Wildman–Crippen LogP) is -1.46. The molecule has 4 atom stereocenters. The molecule has 0 spiro atoms. The Morgan fingerprint density at radius 2 is 1.08 bits per heavy atom. The first kappa shape index (κ1) is 42.6. The minimum absolute atomic E-state index is 0.0148. The minimum Gasteiger partial charge on any atom is -0.370 e. The van der Waals surface area contributed by atoms with Crippen LogP contribution in [0.3, 0.4) is 0 Å². The Bertz CT molecular complexity index is 1610. The lowest BCUT2D eigenvalue weighted by atomic mass is 10.0. The van der Waals surface area contributed by atoms with Crippen LogP contribution in [-0.2, 0) is 36.8 Å². The van der Waals surface area contributed by atoms with Gasteiger partial charge in [-0.1, -0.05) is 24.3 Å². The molecule has 0 saturated heterocycles. The van der Waals surface area contributed by atoms with E-state index in [1.54, 1.807) is 12.1 Å². The van der Waals surface area contributed by atoms with Gasteiger partial charge in [-0.05, 0) is 71.5 Å². The van der Waals surface area contributed by atoms with Gasteiger partial charge < -0.3 is 49.9 Å². The summed E-state index contributed by atoms with van der Waals surface area (Å²) < 4.78 is 0.938. The number of nitrogens with one attached hydrogen (secondary N) is 4. The zero-order valence-electron chi connectivity index (χ0n) is 28.5. The first-order valence-electron chi connectivity index (χ1n) is 16.1. The SMILES string of the molecule is CC(=O)N[C@@H](CCCN=C(N)N)C(=O)N[C@H](Cc1ccc(I)cc1)C(=O)N[C@@H](CCCN=C(N)N)C(=O)N[C@H](Cc1ccc([N+](=O)[O-])cc1)C(N)=O. The van der Waals surface area contributed by atoms with Crippen LogP contribution in [0, 0.1) is 13.7 Å². The number of aliphatic imine (C=N–C) groups is 2. The third-order valence-corrected chi connectivity index (χ3v) is 8.17. The molecule has 14 N–H and O–H groups in total. The van der Waals surface area contributed by atoms with E-state index in [-0.39, 0.29) is 62.8 Å². The van der Waals surface area contributed by atoms with E-state index < -0.39 is 58.6 Å². The van der Waals surface area contributed by atoms with E-state index in [0.29, 0.717) is 17.5 Å². The number of hydrogen-bond donors (Lipinski definition) is 9. The lowest BCUT2D eigenvalue weighted by Gasteiger charge is -2.26. The molecule has 0 aliphatic heterocycles. The number of rotatable bonds is 21. The van der Waals surface area contributed by atoms with Crippen molar-refractivity contribution in [3.05, 3.63) is 73.3 Å². The molecule has 0 aliphatic rings. The Morgan fingerprint density at radius 1 is 0.673 bits per heavy atom. The van der Waals surface area contributed by atoms with E-state index >= 15 is 0 Å². The molecule has 19 nitrogen and oxygen atoms in total. The van der Waals surface area contributed by atoms with Crippen molar-refractivity contribution < 1.29 is 28.9 Å². The first-order chi connectivity index (χ1) is 24.5. The molecule has 0 radical (unpaired) electrons. The summed E-state index contributed by atoms with van der Waals surface area (Å²) in [6.45, 7) is 1.56. The second-order valence-electron chi connectivity index (χ2n) is 11.7. The van der Waals surface area contributed by atoms with Crippen LogP contribution < -0.4 is 49.9 Å². The minimum atomic E-state index is -1.25. The fourth-order valence-corrected chi connectivity index (χ4v) is 5.24. The van der Waals surface area contributed by atoms with Gasteiger partial charge >= 0.3 is 0 Å². The number of carbonyl (C=O) groups excluding carboxylic acids is 5. The second kappa shape index (κ2) is 21.6. The van der Waals surface area contributed by atoms with E-state index in [1.807, 2.05) is 12.1 Å². The fourth-order valence-electron chi connectivity index (χ4n) is 4.88. The number of amides is 5. The molecule has 20 heteroatoms. The van der Waals surface area contributed by atoms with Crippen molar-refractivity contribution in [1.29, 1.82) is 0 Å². The van der Waals surface area contributed by atoms with E-state index in [0.717, 1.165) is 3.57 Å². The van der Waals surface area contributed by atoms with Crippen LogP contribution in [0.1, 0.15) is 43.7 Å². The average Bonchev–Trinajstić information content (AvgIpc) is 3.07. The highest BCUT2D eigenvalue weighted by atomic mass is 127. The summed E-state index contributed by atoms with van der Waals surface area (Å²) in [5.41, 5.74) is 28.2. The Kier molecular flexibility index (Phi) is 17.7. The topological polar surface area (TPSA) is 331 Å². The molecular weight excluding hydrogens is 791 g/mol. The summed E-state index contributed by atoms with van der Waals surface area (Å²) in [6.07, 6.45) is 0.659. The van der Waals surface area contributed by atoms with Gasteiger partial charge in [-0.2, -0.15) is 0 Å². The van der Waals surface area contributed by atoms with Crippen LogP contribution in [0.2, 0.25) is 0 Å². The summed E-state index contributed by atoms with van der Waals surface area (Å²) in [4.78, 5) is 83.7. The van der Waals surface area contributed by atoms with Crippen LogP contribution in [0.25, 0.3) is 0 Å². The van der Waals surface area contributed by atoms with Crippen LogP contribution in [0.15, 0.2) is 58.5 Å². The molecule has 0 heterocycles. The Morgan fingerprint density at radius 3 is 1.52 bits per heavy atom. The smallest absolute Gasteiger partial charge is 0.269 e.